The van der Waals surface area contributed by atoms with E-state index >= 15 is 0 Å². The number of unbranched alkanes of at least 4 members (excludes halogenated alkanes) is 13. The molecule has 1 atom stereocenters. The fourth-order valence-electron chi connectivity index (χ4n) is 3.22. The SMILES string of the molecule is CCCCCCCCCCCCCCCCC(C(=O)OC(C)C)S(=O)(=O)O.[Na]. The Hall–Kier alpha value is 0.380. The van der Waals surface area contributed by atoms with Crippen LogP contribution in [-0.4, -0.2) is 59.9 Å². The molecule has 1 radical (unpaired) electrons. The Morgan fingerprint density at radius 3 is 1.46 bits per heavy atom. The number of rotatable bonds is 18. The summed E-state index contributed by atoms with van der Waals surface area (Å²) in [4.78, 5) is 11.8. The van der Waals surface area contributed by atoms with Gasteiger partial charge in [0.25, 0.3) is 10.1 Å². The molecule has 0 aliphatic carbocycles. The van der Waals surface area contributed by atoms with Gasteiger partial charge < -0.3 is 4.74 Å². The van der Waals surface area contributed by atoms with Crippen LogP contribution in [0, 0.1) is 0 Å². The Morgan fingerprint density at radius 1 is 0.786 bits per heavy atom. The summed E-state index contributed by atoms with van der Waals surface area (Å²) in [6.07, 6.45) is 16.7. The van der Waals surface area contributed by atoms with Gasteiger partial charge in [0.1, 0.15) is 0 Å². The molecule has 0 amide bonds. The van der Waals surface area contributed by atoms with Gasteiger partial charge in [0.2, 0.25) is 0 Å². The van der Waals surface area contributed by atoms with Crippen LogP contribution in [0.1, 0.15) is 117 Å². The van der Waals surface area contributed by atoms with Gasteiger partial charge in [0, 0.05) is 29.6 Å². The van der Waals surface area contributed by atoms with E-state index in [1.54, 1.807) is 13.8 Å². The van der Waals surface area contributed by atoms with Crippen molar-refractivity contribution in [3.05, 3.63) is 0 Å². The Balaban J connectivity index is 0. The molecule has 0 bridgehead atoms. The minimum Gasteiger partial charge on any atom is -0.462 e. The van der Waals surface area contributed by atoms with Gasteiger partial charge >= 0.3 is 5.97 Å². The largest absolute Gasteiger partial charge is 0.462 e. The second kappa shape index (κ2) is 19.3. The number of hydrogen-bond donors (Lipinski definition) is 1. The van der Waals surface area contributed by atoms with E-state index in [1.807, 2.05) is 0 Å². The second-order valence-electron chi connectivity index (χ2n) is 7.87. The van der Waals surface area contributed by atoms with E-state index in [-0.39, 0.29) is 36.0 Å². The zero-order valence-electron chi connectivity index (χ0n) is 18.7. The summed E-state index contributed by atoms with van der Waals surface area (Å²) < 4.78 is 36.9. The molecule has 5 nitrogen and oxygen atoms in total. The van der Waals surface area contributed by atoms with Crippen LogP contribution in [0.5, 0.6) is 0 Å². The summed E-state index contributed by atoms with van der Waals surface area (Å²) in [5.41, 5.74) is 0. The van der Waals surface area contributed by atoms with Crippen LogP contribution in [-0.2, 0) is 19.6 Å². The van der Waals surface area contributed by atoms with Crippen LogP contribution in [0.25, 0.3) is 0 Å². The van der Waals surface area contributed by atoms with Gasteiger partial charge in [-0.05, 0) is 20.3 Å². The maximum atomic E-state index is 11.8. The van der Waals surface area contributed by atoms with E-state index in [0.717, 1.165) is 19.3 Å². The van der Waals surface area contributed by atoms with Crippen LogP contribution >= 0.6 is 0 Å². The van der Waals surface area contributed by atoms with E-state index in [9.17, 15) is 17.8 Å². The first-order chi connectivity index (χ1) is 12.8. The maximum Gasteiger partial charge on any atom is 0.327 e. The number of esters is 1. The van der Waals surface area contributed by atoms with Crippen molar-refractivity contribution in [2.24, 2.45) is 0 Å². The molecule has 0 aliphatic heterocycles. The predicted octanol–water partition coefficient (Wildman–Crippen LogP) is 5.69. The number of carbonyl (C=O) groups excluding carboxylic acids is 1. The third-order valence-corrected chi connectivity index (χ3v) is 5.94. The minimum atomic E-state index is -4.40. The van der Waals surface area contributed by atoms with Gasteiger partial charge in [0.15, 0.2) is 5.25 Å². The molecule has 0 aromatic rings. The predicted molar refractivity (Wildman–Crippen MR) is 117 cm³/mol. The Morgan fingerprint density at radius 2 is 1.14 bits per heavy atom. The molecule has 0 fully saturated rings. The van der Waals surface area contributed by atoms with Crippen LogP contribution in [0.15, 0.2) is 0 Å². The van der Waals surface area contributed by atoms with E-state index < -0.39 is 27.4 Å². The van der Waals surface area contributed by atoms with Crippen molar-refractivity contribution in [2.45, 2.75) is 128 Å². The fourth-order valence-corrected chi connectivity index (χ4v) is 3.98. The first-order valence-corrected chi connectivity index (χ1v) is 12.5. The molecule has 0 heterocycles. The molecule has 0 saturated heterocycles. The van der Waals surface area contributed by atoms with Gasteiger partial charge in [-0.1, -0.05) is 96.8 Å². The monoisotopic (exact) mass is 429 g/mol. The molecule has 0 aromatic heterocycles. The molecule has 0 aromatic carbocycles. The van der Waals surface area contributed by atoms with E-state index in [1.165, 1.54) is 64.2 Å². The van der Waals surface area contributed by atoms with Gasteiger partial charge in [0.05, 0.1) is 6.10 Å². The summed E-state index contributed by atoms with van der Waals surface area (Å²) in [5.74, 6) is -0.845. The zero-order chi connectivity index (χ0) is 20.5. The number of carbonyl (C=O) groups is 1. The van der Waals surface area contributed by atoms with Crippen molar-refractivity contribution < 1.29 is 22.5 Å². The smallest absolute Gasteiger partial charge is 0.327 e. The van der Waals surface area contributed by atoms with Crippen LogP contribution in [0.3, 0.4) is 0 Å². The summed E-state index contributed by atoms with van der Waals surface area (Å²) in [5, 5.41) is -1.45. The molecule has 1 N–H and O–H groups in total. The second-order valence-corrected chi connectivity index (χ2v) is 9.47. The first-order valence-electron chi connectivity index (χ1n) is 11.0. The third-order valence-electron chi connectivity index (χ3n) is 4.79. The van der Waals surface area contributed by atoms with Crippen LogP contribution < -0.4 is 0 Å². The molecule has 1 unspecified atom stereocenters. The first kappa shape index (κ1) is 30.6. The standard InChI is InChI=1S/C21H42O5S.Na/c1-4-5-6-7-8-9-10-11-12-13-14-15-16-17-18-20(27(23,24)25)21(22)26-19(2)3;/h19-20H,4-18H2,1-3H3,(H,23,24,25);. The number of ether oxygens (including phenoxy) is 1. The molecule has 0 aliphatic rings. The molecule has 28 heavy (non-hydrogen) atoms. The van der Waals surface area contributed by atoms with Gasteiger partial charge in [-0.3, -0.25) is 9.35 Å². The van der Waals surface area contributed by atoms with Crippen LogP contribution in [0.4, 0.5) is 0 Å². The van der Waals surface area contributed by atoms with Gasteiger partial charge in [-0.2, -0.15) is 8.42 Å². The fraction of sp³-hybridized carbons (Fsp3) is 0.952. The average molecular weight is 430 g/mol. The van der Waals surface area contributed by atoms with Crippen molar-refractivity contribution in [1.29, 1.82) is 0 Å². The molecule has 0 saturated carbocycles. The van der Waals surface area contributed by atoms with E-state index in [0.29, 0.717) is 6.42 Å². The summed E-state index contributed by atoms with van der Waals surface area (Å²) >= 11 is 0. The zero-order valence-corrected chi connectivity index (χ0v) is 21.6. The van der Waals surface area contributed by atoms with E-state index in [2.05, 4.69) is 6.92 Å². The number of hydrogen-bond acceptors (Lipinski definition) is 4. The quantitative estimate of drug-likeness (QED) is 0.131. The summed E-state index contributed by atoms with van der Waals surface area (Å²) in [6.45, 7) is 5.56. The van der Waals surface area contributed by atoms with Crippen molar-refractivity contribution >= 4 is 45.6 Å². The third kappa shape index (κ3) is 18.4. The Kier molecular flexibility index (Phi) is 21.1. The van der Waals surface area contributed by atoms with Crippen molar-refractivity contribution in [3.8, 4) is 0 Å². The normalized spacial score (nSPS) is 12.6. The topological polar surface area (TPSA) is 80.7 Å². The van der Waals surface area contributed by atoms with Crippen molar-refractivity contribution in [1.82, 2.24) is 0 Å². The molecular weight excluding hydrogens is 387 g/mol. The molecule has 163 valence electrons. The van der Waals surface area contributed by atoms with Crippen molar-refractivity contribution in [3.63, 3.8) is 0 Å². The maximum absolute atomic E-state index is 11.8. The Labute approximate surface area is 195 Å². The van der Waals surface area contributed by atoms with Crippen LogP contribution in [0.2, 0.25) is 0 Å². The molecule has 0 rings (SSSR count). The van der Waals surface area contributed by atoms with Crippen molar-refractivity contribution in [2.75, 3.05) is 0 Å². The summed E-state index contributed by atoms with van der Waals surface area (Å²) in [7, 11) is -4.40. The Bertz CT molecular complexity index is 465. The average Bonchev–Trinajstić information content (AvgIpc) is 2.56. The molecular formula is C21H42NaO5S. The minimum absolute atomic E-state index is 0. The summed E-state index contributed by atoms with van der Waals surface area (Å²) in [6, 6.07) is 0. The van der Waals surface area contributed by atoms with Gasteiger partial charge in [-0.15, -0.1) is 0 Å². The molecule has 7 heteroatoms. The molecule has 0 spiro atoms. The van der Waals surface area contributed by atoms with Gasteiger partial charge in [-0.25, -0.2) is 0 Å². The van der Waals surface area contributed by atoms with E-state index in [4.69, 9.17) is 4.74 Å².